The van der Waals surface area contributed by atoms with E-state index in [1.807, 2.05) is 0 Å². The van der Waals surface area contributed by atoms with Crippen LogP contribution in [0.3, 0.4) is 0 Å². The molecule has 0 radical (unpaired) electrons. The quantitative estimate of drug-likeness (QED) is 0.593. The van der Waals surface area contributed by atoms with Gasteiger partial charge in [-0.25, -0.2) is 0 Å². The van der Waals surface area contributed by atoms with Crippen molar-refractivity contribution in [3.63, 3.8) is 0 Å². The van der Waals surface area contributed by atoms with E-state index in [-0.39, 0.29) is 6.61 Å². The van der Waals surface area contributed by atoms with E-state index in [9.17, 15) is 0 Å². The molecule has 3 heteroatoms. The summed E-state index contributed by atoms with van der Waals surface area (Å²) in [7, 11) is 0. The van der Waals surface area contributed by atoms with Crippen LogP contribution < -0.4 is 5.73 Å². The number of aromatic nitrogens is 1. The molecule has 0 aromatic carbocycles. The third-order valence-corrected chi connectivity index (χ3v) is 0.995. The second-order valence-electron chi connectivity index (χ2n) is 1.73. The van der Waals surface area contributed by atoms with Crippen molar-refractivity contribution >= 4 is 5.69 Å². The minimum absolute atomic E-state index is 0.209. The van der Waals surface area contributed by atoms with Crippen molar-refractivity contribution in [2.24, 2.45) is 0 Å². The number of rotatable bonds is 2. The standard InChI is InChI=1S/C6H8N2O/c7-5-1-2-6(4-9)8-3-5/h1-3,9H,4,7H2/i9T. The molecule has 0 amide bonds. The van der Waals surface area contributed by atoms with Crippen LogP contribution >= 0.6 is 0 Å². The van der Waals surface area contributed by atoms with E-state index < -0.39 is 0 Å². The first-order valence-corrected chi connectivity index (χ1v) is 2.61. The first-order valence-electron chi connectivity index (χ1n) is 3.02. The summed E-state index contributed by atoms with van der Waals surface area (Å²) in [5.41, 5.74) is 6.70. The summed E-state index contributed by atoms with van der Waals surface area (Å²) in [5.74, 6) is 0. The lowest BCUT2D eigenvalue weighted by molar-refractivity contribution is 0.277. The zero-order chi connectivity index (χ0) is 7.40. The monoisotopic (exact) mass is 126 g/mol. The van der Waals surface area contributed by atoms with Crippen molar-refractivity contribution in [2.45, 2.75) is 6.61 Å². The Labute approximate surface area is 54.6 Å². The number of nitrogens with two attached hydrogens (primary N) is 1. The summed E-state index contributed by atoms with van der Waals surface area (Å²) in [5, 5.41) is 4.11. The van der Waals surface area contributed by atoms with E-state index >= 15 is 0 Å². The van der Waals surface area contributed by atoms with Crippen molar-refractivity contribution in [1.29, 1.82) is 1.43 Å². The molecule has 0 spiro atoms. The fourth-order valence-electron chi connectivity index (χ4n) is 0.521. The number of anilines is 1. The molecule has 0 saturated heterocycles. The van der Waals surface area contributed by atoms with Crippen LogP contribution in [0.15, 0.2) is 18.3 Å². The Morgan fingerprint density at radius 1 is 1.78 bits per heavy atom. The molecule has 0 unspecified atom stereocenters. The van der Waals surface area contributed by atoms with Gasteiger partial charge in [-0.15, -0.1) is 0 Å². The Balaban J connectivity index is 2.69. The molecule has 1 aromatic heterocycles. The highest BCUT2D eigenvalue weighted by molar-refractivity contribution is 5.34. The summed E-state index contributed by atoms with van der Waals surface area (Å²) >= 11 is 0. The third kappa shape index (κ3) is 1.40. The number of pyridine rings is 1. The molecule has 1 aromatic rings. The Morgan fingerprint density at radius 2 is 2.67 bits per heavy atom. The fraction of sp³-hybridized carbons (Fsp3) is 0.167. The molecular formula is C6H8N2O. The normalized spacial score (nSPS) is 10.9. The van der Waals surface area contributed by atoms with Crippen LogP contribution in [0.4, 0.5) is 5.69 Å². The lowest BCUT2D eigenvalue weighted by Gasteiger charge is -1.93. The fourth-order valence-corrected chi connectivity index (χ4v) is 0.521. The van der Waals surface area contributed by atoms with E-state index in [0.29, 0.717) is 11.4 Å². The number of hydrogen-bond donors (Lipinski definition) is 2. The second kappa shape index (κ2) is 2.46. The number of aliphatic hydroxyl groups excluding tert-OH is 1. The molecule has 48 valence electrons. The van der Waals surface area contributed by atoms with E-state index in [2.05, 4.69) is 10.1 Å². The van der Waals surface area contributed by atoms with Gasteiger partial charge in [0.2, 0.25) is 1.43 Å². The van der Waals surface area contributed by atoms with Crippen LogP contribution in [-0.4, -0.2) is 11.5 Å². The van der Waals surface area contributed by atoms with Gasteiger partial charge in [-0.3, -0.25) is 4.98 Å². The Hall–Kier alpha value is -1.09. The average molecular weight is 126 g/mol. The molecule has 0 aliphatic carbocycles. The number of nitrogen functional groups attached to an aromatic ring is 1. The lowest BCUT2D eigenvalue weighted by atomic mass is 10.3. The largest absolute Gasteiger partial charge is 0.397 e. The van der Waals surface area contributed by atoms with Crippen LogP contribution in [0.1, 0.15) is 5.69 Å². The molecule has 0 fully saturated rings. The minimum Gasteiger partial charge on any atom is -0.397 e. The van der Waals surface area contributed by atoms with Crippen molar-refractivity contribution in [3.8, 4) is 0 Å². The smallest absolute Gasteiger partial charge is 0.211 e. The van der Waals surface area contributed by atoms with Gasteiger partial charge in [-0.2, -0.15) is 0 Å². The molecule has 0 bridgehead atoms. The molecule has 0 aliphatic rings. The Kier molecular flexibility index (Phi) is 1.30. The molecule has 3 N–H and O–H groups in total. The van der Waals surface area contributed by atoms with Crippen LogP contribution in [-0.2, 0) is 6.61 Å². The third-order valence-electron chi connectivity index (χ3n) is 0.995. The second-order valence-corrected chi connectivity index (χ2v) is 1.73. The van der Waals surface area contributed by atoms with Crippen LogP contribution in [0.25, 0.3) is 0 Å². The zero-order valence-electron chi connectivity index (χ0n) is 5.87. The van der Waals surface area contributed by atoms with Gasteiger partial charge < -0.3 is 10.8 Å². The van der Waals surface area contributed by atoms with Gasteiger partial charge in [0, 0.05) is 0 Å². The predicted octanol–water partition coefficient (Wildman–Crippen LogP) is 0.156. The average Bonchev–Trinajstić information content (AvgIpc) is 1.95. The Bertz CT molecular complexity index is 199. The van der Waals surface area contributed by atoms with Gasteiger partial charge in [-0.1, -0.05) is 0 Å². The van der Waals surface area contributed by atoms with Gasteiger partial charge in [0.15, 0.2) is 0 Å². The minimum atomic E-state index is 0.209. The van der Waals surface area contributed by atoms with Crippen molar-refractivity contribution in [3.05, 3.63) is 24.0 Å². The predicted molar refractivity (Wildman–Crippen MR) is 34.6 cm³/mol. The summed E-state index contributed by atoms with van der Waals surface area (Å²) in [6.45, 7) is 0.209. The number of hydrogen-bond acceptors (Lipinski definition) is 3. The molecule has 1 heterocycles. The maximum atomic E-state index is 6.42. The summed E-state index contributed by atoms with van der Waals surface area (Å²) in [6, 6.07) is 3.45. The summed E-state index contributed by atoms with van der Waals surface area (Å²) < 4.78 is 6.42. The van der Waals surface area contributed by atoms with Crippen LogP contribution in [0.2, 0.25) is 0 Å². The topological polar surface area (TPSA) is 59.1 Å². The molecule has 3 nitrogen and oxygen atoms in total. The molecule has 1 rings (SSSR count). The van der Waals surface area contributed by atoms with E-state index in [4.69, 9.17) is 7.16 Å². The number of aliphatic hydroxyl groups is 1. The number of nitrogens with zero attached hydrogens (tertiary/aromatic N) is 1. The Morgan fingerprint density at radius 3 is 3.22 bits per heavy atom. The van der Waals surface area contributed by atoms with Gasteiger partial charge >= 0.3 is 0 Å². The first-order chi connectivity index (χ1) is 4.83. The highest BCUT2D eigenvalue weighted by atomic mass is 16.3. The molecular weight excluding hydrogens is 116 g/mol. The molecule has 0 saturated carbocycles. The van der Waals surface area contributed by atoms with Gasteiger partial charge in [-0.05, 0) is 12.1 Å². The van der Waals surface area contributed by atoms with E-state index in [0.717, 1.165) is 0 Å². The summed E-state index contributed by atoms with van der Waals surface area (Å²) in [4.78, 5) is 3.90. The van der Waals surface area contributed by atoms with E-state index in [1.54, 1.807) is 12.1 Å². The SMILES string of the molecule is [3H]OCc1ccc(N)cn1. The highest BCUT2D eigenvalue weighted by Gasteiger charge is 1.87. The molecule has 0 aliphatic heterocycles. The summed E-state index contributed by atoms with van der Waals surface area (Å²) in [6.07, 6.45) is 1.54. The van der Waals surface area contributed by atoms with Crippen LogP contribution in [0.5, 0.6) is 0 Å². The highest BCUT2D eigenvalue weighted by Crippen LogP contribution is 1.99. The van der Waals surface area contributed by atoms with Crippen molar-refractivity contribution in [1.82, 2.24) is 4.98 Å². The maximum absolute atomic E-state index is 6.42. The van der Waals surface area contributed by atoms with Crippen molar-refractivity contribution in [2.75, 3.05) is 5.73 Å². The lowest BCUT2D eigenvalue weighted by Crippen LogP contribution is -1.90. The van der Waals surface area contributed by atoms with Crippen molar-refractivity contribution < 1.29 is 5.11 Å². The van der Waals surface area contributed by atoms with Gasteiger partial charge in [0.1, 0.15) is 0 Å². The zero-order valence-corrected chi connectivity index (χ0v) is 4.87. The van der Waals surface area contributed by atoms with Crippen LogP contribution in [0, 0.1) is 0 Å². The maximum Gasteiger partial charge on any atom is 0.211 e. The van der Waals surface area contributed by atoms with Gasteiger partial charge in [0.25, 0.3) is 0 Å². The van der Waals surface area contributed by atoms with E-state index in [1.165, 1.54) is 6.20 Å². The molecule has 0 atom stereocenters. The van der Waals surface area contributed by atoms with Gasteiger partial charge in [0.05, 0.1) is 24.2 Å². The first kappa shape index (κ1) is 4.76. The molecule has 9 heavy (non-hydrogen) atoms.